The number of carboxylic acids is 1. The molecule has 0 aliphatic carbocycles. The van der Waals surface area contributed by atoms with Crippen LogP contribution in [0.1, 0.15) is 40.3 Å². The van der Waals surface area contributed by atoms with Crippen molar-refractivity contribution in [2.45, 2.75) is 44.0 Å². The third kappa shape index (κ3) is 10.9. The number of alkyl halides is 18. The van der Waals surface area contributed by atoms with E-state index in [0.29, 0.717) is 0 Å². The Morgan fingerprint density at radius 3 is 0.638 bits per heavy atom. The van der Waals surface area contributed by atoms with Gasteiger partial charge in [-0.05, 0) is 0 Å². The van der Waals surface area contributed by atoms with Crippen LogP contribution in [0.25, 0.3) is 0 Å². The molecule has 0 heterocycles. The van der Waals surface area contributed by atoms with E-state index in [1.54, 1.807) is 0 Å². The van der Waals surface area contributed by atoms with Crippen molar-refractivity contribution in [1.29, 1.82) is 0 Å². The van der Waals surface area contributed by atoms with Crippen LogP contribution in [0.3, 0.4) is 0 Å². The molecule has 0 atom stereocenters. The standard InChI is InChI=1S/3C8H3F6.C2H4O2.Bi/c3*9-7(10,11)5-2-1-3-6(4-5)8(12,13)14;1-2(3)4;/h3*2-4H;1H3,(H,3,4);. The predicted octanol–water partition coefficient (Wildman–Crippen LogP) is 8.41. The zero-order chi connectivity index (χ0) is 36.7. The molecule has 0 aliphatic heterocycles. The van der Waals surface area contributed by atoms with Gasteiger partial charge in [-0.3, -0.25) is 4.79 Å². The van der Waals surface area contributed by atoms with Gasteiger partial charge < -0.3 is 5.11 Å². The van der Waals surface area contributed by atoms with Crippen molar-refractivity contribution in [3.63, 3.8) is 0 Å². The van der Waals surface area contributed by atoms with E-state index in [9.17, 15) is 79.0 Å². The van der Waals surface area contributed by atoms with Crippen molar-refractivity contribution >= 4 is 37.5 Å². The fourth-order valence-electron chi connectivity index (χ4n) is 3.65. The molecule has 0 fully saturated rings. The molecule has 0 spiro atoms. The maximum atomic E-state index is 13.5. The Morgan fingerprint density at radius 2 is 0.532 bits per heavy atom. The number of carbonyl (C=O) groups is 1. The summed E-state index contributed by atoms with van der Waals surface area (Å²) in [5, 5.41) is 7.42. The summed E-state index contributed by atoms with van der Waals surface area (Å²) in [4.78, 5) is 9.00. The third-order valence-electron chi connectivity index (χ3n) is 5.49. The molecule has 1 N–H and O–H groups in total. The van der Waals surface area contributed by atoms with Gasteiger partial charge in [0.25, 0.3) is 5.97 Å². The second kappa shape index (κ2) is 13.3. The van der Waals surface area contributed by atoms with Crippen molar-refractivity contribution in [2.24, 2.45) is 0 Å². The molecule has 47 heavy (non-hydrogen) atoms. The van der Waals surface area contributed by atoms with Gasteiger partial charge in [-0.2, -0.15) is 0 Å². The van der Waals surface area contributed by atoms with Gasteiger partial charge in [0, 0.05) is 6.92 Å². The molecular weight excluding hydrogens is 895 g/mol. The van der Waals surface area contributed by atoms with Gasteiger partial charge in [-0.1, -0.05) is 0 Å². The van der Waals surface area contributed by atoms with Crippen LogP contribution in [-0.4, -0.2) is 32.8 Å². The van der Waals surface area contributed by atoms with E-state index in [0.717, 1.165) is 6.92 Å². The molecule has 0 aromatic heterocycles. The van der Waals surface area contributed by atoms with Crippen LogP contribution in [0.15, 0.2) is 54.6 Å². The van der Waals surface area contributed by atoms with Crippen LogP contribution >= 0.6 is 0 Å². The minimum atomic E-state index is -5.85. The molecule has 3 rings (SSSR count). The number of hydrogen-bond acceptors (Lipinski definition) is 1. The predicted molar refractivity (Wildman–Crippen MR) is 127 cm³/mol. The molecule has 3 aromatic carbocycles. The van der Waals surface area contributed by atoms with Gasteiger partial charge in [0.1, 0.15) is 0 Å². The summed E-state index contributed by atoms with van der Waals surface area (Å²) in [7, 11) is 0. The van der Waals surface area contributed by atoms with Gasteiger partial charge in [-0.25, -0.2) is 0 Å². The van der Waals surface area contributed by atoms with E-state index in [4.69, 9.17) is 9.90 Å². The SMILES string of the molecule is CC(=O)O.FC(F)(F)c1c[c]([Bi]([c]2cc(C(F)(F)F)cc(C(F)(F)F)c2)[c]2cc(C(F)(F)F)cc(C(F)(F)F)c2)cc(C(F)(F)F)c1. The monoisotopic (exact) mass is 908 g/mol. The average molecular weight is 908 g/mol. The number of aliphatic carboxylic acids is 1. The molecule has 2 nitrogen and oxygen atoms in total. The Labute approximate surface area is 258 Å². The first-order valence-electron chi connectivity index (χ1n) is 11.7. The van der Waals surface area contributed by atoms with Gasteiger partial charge in [0.2, 0.25) is 0 Å². The number of rotatable bonds is 3. The fourth-order valence-corrected chi connectivity index (χ4v) is 13.4. The average Bonchev–Trinajstić information content (AvgIpc) is 2.85. The fraction of sp³-hybridized carbons (Fsp3) is 0.269. The first-order chi connectivity index (χ1) is 20.8. The Hall–Kier alpha value is -3.25. The van der Waals surface area contributed by atoms with E-state index in [-0.39, 0.29) is 36.4 Å². The third-order valence-corrected chi connectivity index (χ3v) is 14.5. The first-order valence-corrected chi connectivity index (χ1v) is 16.9. The minimum absolute atomic E-state index is 0.145. The normalized spacial score (nSPS) is 13.4. The van der Waals surface area contributed by atoms with Crippen molar-refractivity contribution in [1.82, 2.24) is 0 Å². The molecule has 0 unspecified atom stereocenters. The number of halogens is 18. The molecule has 21 heteroatoms. The van der Waals surface area contributed by atoms with Gasteiger partial charge in [0.15, 0.2) is 0 Å². The van der Waals surface area contributed by atoms with Crippen molar-refractivity contribution in [3.05, 3.63) is 88.0 Å². The number of benzene rings is 3. The Morgan fingerprint density at radius 1 is 0.404 bits per heavy atom. The molecule has 0 saturated carbocycles. The van der Waals surface area contributed by atoms with Crippen LogP contribution in [0, 0.1) is 0 Å². The quantitative estimate of drug-likeness (QED) is 0.212. The number of hydrogen-bond donors (Lipinski definition) is 1. The summed E-state index contributed by atoms with van der Waals surface area (Å²) in [6.45, 7) is 1.08. The Balaban J connectivity index is 0.00000181. The molecule has 0 saturated heterocycles. The van der Waals surface area contributed by atoms with E-state index in [1.165, 1.54) is 0 Å². The summed E-state index contributed by atoms with van der Waals surface area (Å²) in [6.07, 6.45) is -33.8. The molecule has 0 bridgehead atoms. The van der Waals surface area contributed by atoms with E-state index in [2.05, 4.69) is 0 Å². The van der Waals surface area contributed by atoms with Gasteiger partial charge in [0.05, 0.1) is 0 Å². The maximum absolute atomic E-state index is 13.5. The first kappa shape index (κ1) is 39.9. The van der Waals surface area contributed by atoms with Crippen LogP contribution in [0.4, 0.5) is 79.0 Å². The molecule has 260 valence electrons. The van der Waals surface area contributed by atoms with Crippen molar-refractivity contribution < 1.29 is 88.9 Å². The molecule has 0 radical (unpaired) electrons. The Bertz CT molecular complexity index is 1310. The Kier molecular flexibility index (Phi) is 11.3. The topological polar surface area (TPSA) is 37.3 Å². The molecular formula is C26H13BiF18O2. The molecule has 3 aromatic rings. The zero-order valence-electron chi connectivity index (χ0n) is 22.3. The number of carboxylic acid groups (broad SMARTS) is 1. The second-order valence-corrected chi connectivity index (χ2v) is 17.8. The van der Waals surface area contributed by atoms with Crippen LogP contribution in [0.5, 0.6) is 0 Å². The van der Waals surface area contributed by atoms with E-state index in [1.807, 2.05) is 0 Å². The molecule has 0 aliphatic rings. The summed E-state index contributed by atoms with van der Waals surface area (Å²) >= 11 is -5.85. The van der Waals surface area contributed by atoms with Crippen LogP contribution in [-0.2, 0) is 41.9 Å². The van der Waals surface area contributed by atoms with Crippen molar-refractivity contribution in [2.75, 3.05) is 0 Å². The summed E-state index contributed by atoms with van der Waals surface area (Å²) in [6, 6.07) is -2.31. The van der Waals surface area contributed by atoms with Crippen molar-refractivity contribution in [3.8, 4) is 0 Å². The summed E-state index contributed by atoms with van der Waals surface area (Å²) in [5.74, 6) is -0.833. The van der Waals surface area contributed by atoms with Crippen LogP contribution in [0.2, 0.25) is 0 Å². The van der Waals surface area contributed by atoms with Gasteiger partial charge in [-0.15, -0.1) is 0 Å². The molecule has 0 amide bonds. The second-order valence-electron chi connectivity index (χ2n) is 9.15. The van der Waals surface area contributed by atoms with Gasteiger partial charge >= 0.3 is 236 Å². The zero-order valence-corrected chi connectivity index (χ0v) is 25.8. The van der Waals surface area contributed by atoms with Crippen LogP contribution < -0.4 is 9.81 Å². The summed E-state index contributed by atoms with van der Waals surface area (Å²) < 4.78 is 240. The van der Waals surface area contributed by atoms with E-state index >= 15 is 0 Å². The summed E-state index contributed by atoms with van der Waals surface area (Å²) in [5.41, 5.74) is -12.9. The van der Waals surface area contributed by atoms with E-state index < -0.39 is 126 Å².